The third-order valence-electron chi connectivity index (χ3n) is 3.45. The Balaban J connectivity index is 2.27. The molecule has 1 heterocycles. The minimum absolute atomic E-state index is 0.0487. The van der Waals surface area contributed by atoms with E-state index in [1.54, 1.807) is 4.90 Å². The largest absolute Gasteiger partial charge is 0.480 e. The molecule has 1 aliphatic rings. The highest BCUT2D eigenvalue weighted by Crippen LogP contribution is 2.02. The molecule has 1 rings (SSSR count). The number of nitrogens with zero attached hydrogens (tertiary/aromatic N) is 3. The van der Waals surface area contributed by atoms with Crippen molar-refractivity contribution in [2.45, 2.75) is 13.0 Å². The Kier molecular flexibility index (Phi) is 6.04. The molecule has 1 unspecified atom stereocenters. The Morgan fingerprint density at radius 3 is 2.32 bits per heavy atom. The first kappa shape index (κ1) is 15.7. The van der Waals surface area contributed by atoms with Gasteiger partial charge >= 0.3 is 12.0 Å². The number of urea groups is 1. The van der Waals surface area contributed by atoms with Crippen LogP contribution in [-0.2, 0) is 4.79 Å². The number of carbonyl (C=O) groups is 2. The molecule has 1 aliphatic heterocycles. The first-order valence-electron chi connectivity index (χ1n) is 6.53. The number of hydrogen-bond donors (Lipinski definition) is 2. The van der Waals surface area contributed by atoms with E-state index in [-0.39, 0.29) is 18.6 Å². The van der Waals surface area contributed by atoms with E-state index in [0.717, 1.165) is 0 Å². The van der Waals surface area contributed by atoms with Crippen molar-refractivity contribution in [2.24, 2.45) is 0 Å². The van der Waals surface area contributed by atoms with E-state index in [1.165, 1.54) is 0 Å². The van der Waals surface area contributed by atoms with Crippen LogP contribution in [0.25, 0.3) is 0 Å². The molecule has 0 bridgehead atoms. The number of carboxylic acid groups (broad SMARTS) is 1. The highest BCUT2D eigenvalue weighted by Gasteiger charge is 2.22. The van der Waals surface area contributed by atoms with Crippen LogP contribution in [0.1, 0.15) is 6.92 Å². The van der Waals surface area contributed by atoms with Gasteiger partial charge in [-0.1, -0.05) is 0 Å². The van der Waals surface area contributed by atoms with Gasteiger partial charge in [-0.3, -0.25) is 9.69 Å². The van der Waals surface area contributed by atoms with Crippen LogP contribution in [-0.4, -0.2) is 91.2 Å². The lowest BCUT2D eigenvalue weighted by molar-refractivity contribution is -0.138. The fourth-order valence-corrected chi connectivity index (χ4v) is 1.83. The summed E-state index contributed by atoms with van der Waals surface area (Å²) >= 11 is 0. The van der Waals surface area contributed by atoms with E-state index in [0.29, 0.717) is 32.7 Å². The summed E-state index contributed by atoms with van der Waals surface area (Å²) in [5.41, 5.74) is 0. The van der Waals surface area contributed by atoms with Gasteiger partial charge in [-0.25, -0.2) is 4.79 Å². The summed E-state index contributed by atoms with van der Waals surface area (Å²) in [4.78, 5) is 28.1. The van der Waals surface area contributed by atoms with E-state index >= 15 is 0 Å². The van der Waals surface area contributed by atoms with Gasteiger partial charge in [0.1, 0.15) is 0 Å². The van der Waals surface area contributed by atoms with E-state index < -0.39 is 5.97 Å². The van der Waals surface area contributed by atoms with Crippen molar-refractivity contribution in [3.8, 4) is 0 Å². The zero-order chi connectivity index (χ0) is 14.4. The van der Waals surface area contributed by atoms with Gasteiger partial charge in [0.15, 0.2) is 0 Å². The smallest absolute Gasteiger partial charge is 0.317 e. The van der Waals surface area contributed by atoms with E-state index in [1.807, 2.05) is 30.8 Å². The number of piperazine rings is 1. The van der Waals surface area contributed by atoms with Gasteiger partial charge in [-0.2, -0.15) is 0 Å². The monoisotopic (exact) mass is 272 g/mol. The van der Waals surface area contributed by atoms with Gasteiger partial charge in [0.05, 0.1) is 6.54 Å². The average Bonchev–Trinajstić information content (AvgIpc) is 2.35. The predicted molar refractivity (Wildman–Crippen MR) is 72.2 cm³/mol. The number of hydrogen-bond acceptors (Lipinski definition) is 4. The fraction of sp³-hybridized carbons (Fsp3) is 0.833. The first-order chi connectivity index (χ1) is 8.90. The molecular weight excluding hydrogens is 248 g/mol. The van der Waals surface area contributed by atoms with Gasteiger partial charge in [0.2, 0.25) is 0 Å². The maximum atomic E-state index is 11.9. The minimum Gasteiger partial charge on any atom is -0.480 e. The summed E-state index contributed by atoms with van der Waals surface area (Å²) in [5.74, 6) is -0.822. The molecule has 1 atom stereocenters. The summed E-state index contributed by atoms with van der Waals surface area (Å²) < 4.78 is 0. The number of carbonyl (C=O) groups excluding carboxylic acids is 1. The van der Waals surface area contributed by atoms with Crippen LogP contribution in [0, 0.1) is 0 Å². The lowest BCUT2D eigenvalue weighted by atomic mass is 10.3. The van der Waals surface area contributed by atoms with Crippen molar-refractivity contribution in [1.29, 1.82) is 0 Å². The fourth-order valence-electron chi connectivity index (χ4n) is 1.83. The number of carboxylic acids is 1. The maximum absolute atomic E-state index is 11.9. The number of aliphatic carboxylic acids is 1. The number of rotatable bonds is 5. The Hall–Kier alpha value is -1.34. The zero-order valence-corrected chi connectivity index (χ0v) is 11.9. The molecule has 0 aromatic heterocycles. The van der Waals surface area contributed by atoms with Gasteiger partial charge in [-0.05, 0) is 21.0 Å². The van der Waals surface area contributed by atoms with Crippen molar-refractivity contribution in [1.82, 2.24) is 20.0 Å². The Bertz CT molecular complexity index is 314. The Morgan fingerprint density at radius 2 is 1.84 bits per heavy atom. The van der Waals surface area contributed by atoms with Crippen LogP contribution >= 0.6 is 0 Å². The summed E-state index contributed by atoms with van der Waals surface area (Å²) in [6.07, 6.45) is 0. The van der Waals surface area contributed by atoms with Crippen LogP contribution in [0.4, 0.5) is 4.79 Å². The van der Waals surface area contributed by atoms with E-state index in [4.69, 9.17) is 5.11 Å². The highest BCUT2D eigenvalue weighted by molar-refractivity contribution is 5.74. The predicted octanol–water partition coefficient (Wildman–Crippen LogP) is -0.652. The second-order valence-corrected chi connectivity index (χ2v) is 5.16. The maximum Gasteiger partial charge on any atom is 0.317 e. The molecule has 2 N–H and O–H groups in total. The SMILES string of the molecule is CC(CNC(=O)N1CCN(CC(=O)O)CC1)N(C)C. The van der Waals surface area contributed by atoms with Gasteiger partial charge in [0.25, 0.3) is 0 Å². The molecule has 0 aliphatic carbocycles. The van der Waals surface area contributed by atoms with Gasteiger partial charge < -0.3 is 20.2 Å². The molecule has 110 valence electrons. The molecule has 1 fully saturated rings. The average molecular weight is 272 g/mol. The van der Waals surface area contributed by atoms with Crippen molar-refractivity contribution in [2.75, 3.05) is 53.4 Å². The van der Waals surface area contributed by atoms with Gasteiger partial charge in [0, 0.05) is 38.8 Å². The van der Waals surface area contributed by atoms with Crippen molar-refractivity contribution in [3.05, 3.63) is 0 Å². The van der Waals surface area contributed by atoms with Crippen LogP contribution in [0.3, 0.4) is 0 Å². The normalized spacial score (nSPS) is 18.4. The van der Waals surface area contributed by atoms with Crippen LogP contribution in [0.5, 0.6) is 0 Å². The number of nitrogens with one attached hydrogen (secondary N) is 1. The molecular formula is C12H24N4O3. The lowest BCUT2D eigenvalue weighted by Crippen LogP contribution is -2.53. The molecule has 1 saturated heterocycles. The van der Waals surface area contributed by atoms with Gasteiger partial charge in [-0.15, -0.1) is 0 Å². The number of likely N-dealkylation sites (N-methyl/N-ethyl adjacent to an activating group) is 1. The van der Waals surface area contributed by atoms with Crippen LogP contribution < -0.4 is 5.32 Å². The highest BCUT2D eigenvalue weighted by atomic mass is 16.4. The summed E-state index contributed by atoms with van der Waals surface area (Å²) in [6, 6.07) is 0.223. The second kappa shape index (κ2) is 7.30. The molecule has 7 heteroatoms. The standard InChI is InChI=1S/C12H24N4O3/c1-10(14(2)3)8-13-12(19)16-6-4-15(5-7-16)9-11(17)18/h10H,4-9H2,1-3H3,(H,13,19)(H,17,18). The number of amides is 2. The van der Waals surface area contributed by atoms with Crippen LogP contribution in [0.15, 0.2) is 0 Å². The minimum atomic E-state index is -0.822. The molecule has 0 saturated carbocycles. The van der Waals surface area contributed by atoms with E-state index in [2.05, 4.69) is 5.32 Å². The van der Waals surface area contributed by atoms with Crippen LogP contribution in [0.2, 0.25) is 0 Å². The molecule has 0 radical (unpaired) electrons. The summed E-state index contributed by atoms with van der Waals surface area (Å²) in [7, 11) is 3.95. The molecule has 19 heavy (non-hydrogen) atoms. The molecule has 2 amide bonds. The quantitative estimate of drug-likeness (QED) is 0.695. The molecule has 0 aromatic carbocycles. The topological polar surface area (TPSA) is 76.1 Å². The second-order valence-electron chi connectivity index (χ2n) is 5.16. The molecule has 0 aromatic rings. The van der Waals surface area contributed by atoms with Crippen molar-refractivity contribution in [3.63, 3.8) is 0 Å². The zero-order valence-electron chi connectivity index (χ0n) is 11.9. The third-order valence-corrected chi connectivity index (χ3v) is 3.45. The van der Waals surface area contributed by atoms with Crippen molar-refractivity contribution < 1.29 is 14.7 Å². The van der Waals surface area contributed by atoms with Crippen molar-refractivity contribution >= 4 is 12.0 Å². The Morgan fingerprint density at radius 1 is 1.26 bits per heavy atom. The Labute approximate surface area is 114 Å². The summed E-state index contributed by atoms with van der Waals surface area (Å²) in [5, 5.41) is 11.6. The molecule has 7 nitrogen and oxygen atoms in total. The third kappa shape index (κ3) is 5.44. The molecule has 0 spiro atoms. The van der Waals surface area contributed by atoms with E-state index in [9.17, 15) is 9.59 Å². The lowest BCUT2D eigenvalue weighted by Gasteiger charge is -2.34. The summed E-state index contributed by atoms with van der Waals surface area (Å²) in [6.45, 7) is 5.09. The first-order valence-corrected chi connectivity index (χ1v) is 6.53.